The molecule has 8 heteroatoms. The van der Waals surface area contributed by atoms with Crippen molar-refractivity contribution in [2.45, 2.75) is 115 Å². The third-order valence-corrected chi connectivity index (χ3v) is 9.52. The zero-order valence-corrected chi connectivity index (χ0v) is 26.7. The van der Waals surface area contributed by atoms with E-state index in [2.05, 4.69) is 19.2 Å². The number of phenols is 1. The van der Waals surface area contributed by atoms with Crippen molar-refractivity contribution in [1.29, 1.82) is 0 Å². The molecule has 1 rings (SSSR count). The lowest BCUT2D eigenvalue weighted by Gasteiger charge is -2.24. The zero-order chi connectivity index (χ0) is 29.5. The van der Waals surface area contributed by atoms with Gasteiger partial charge in [-0.15, -0.1) is 0 Å². The minimum absolute atomic E-state index is 0.0337. The van der Waals surface area contributed by atoms with Crippen LogP contribution in [0.5, 0.6) is 5.75 Å². The van der Waals surface area contributed by atoms with Gasteiger partial charge in [0, 0.05) is 27.6 Å². The van der Waals surface area contributed by atoms with Gasteiger partial charge in [0.15, 0.2) is 0 Å². The molecule has 0 aliphatic carbocycles. The van der Waals surface area contributed by atoms with E-state index in [-0.39, 0.29) is 21.7 Å². The molecule has 1 aromatic rings. The first-order valence-corrected chi connectivity index (χ1v) is 16.0. The summed E-state index contributed by atoms with van der Waals surface area (Å²) in [5.41, 5.74) is 2.44. The van der Waals surface area contributed by atoms with Crippen molar-refractivity contribution in [1.82, 2.24) is 5.32 Å². The first kappa shape index (κ1) is 36.6. The van der Waals surface area contributed by atoms with Gasteiger partial charge in [-0.1, -0.05) is 87.3 Å². The standard InChI is InChI=1S/C22H34O5S2.C8H19N/c1-12(20(24)25)14(3)28-10-16-8-17(11-29-15(4)13(2)21(26)27)19(23)18(9-16)22(5,6)7;1-3-5-7-9-8-6-4-2/h8-9,12-15,23H,10-11H2,1-7H3,(H,24,25)(H,26,27);9H,3-8H2,1-2H3. The Kier molecular flexibility index (Phi) is 18.1. The lowest BCUT2D eigenvalue weighted by molar-refractivity contribution is -0.141. The lowest BCUT2D eigenvalue weighted by Crippen LogP contribution is -2.20. The predicted octanol–water partition coefficient (Wildman–Crippen LogP) is 7.55. The summed E-state index contributed by atoms with van der Waals surface area (Å²) < 4.78 is 0. The minimum Gasteiger partial charge on any atom is -0.507 e. The SMILES string of the molecule is CC(SCc1cc(CSC(C)C(C)C(=O)O)c(O)c(C(C)(C)C)c1)C(C)C(=O)O.CCCCNCCCC. The van der Waals surface area contributed by atoms with Crippen LogP contribution in [-0.4, -0.2) is 50.8 Å². The quantitative estimate of drug-likeness (QED) is 0.151. The summed E-state index contributed by atoms with van der Waals surface area (Å²) in [5, 5.41) is 32.5. The number of hydrogen-bond donors (Lipinski definition) is 4. The molecule has 0 saturated carbocycles. The van der Waals surface area contributed by atoms with Crippen molar-refractivity contribution in [3.05, 3.63) is 28.8 Å². The molecular formula is C30H53NO5S2. The van der Waals surface area contributed by atoms with Crippen LogP contribution in [-0.2, 0) is 26.5 Å². The summed E-state index contributed by atoms with van der Waals surface area (Å²) in [6, 6.07) is 3.96. The first-order valence-electron chi connectivity index (χ1n) is 13.9. The van der Waals surface area contributed by atoms with E-state index in [9.17, 15) is 24.9 Å². The van der Waals surface area contributed by atoms with E-state index in [0.717, 1.165) is 16.7 Å². The molecule has 0 saturated heterocycles. The van der Waals surface area contributed by atoms with Crippen LogP contribution < -0.4 is 5.32 Å². The lowest BCUT2D eigenvalue weighted by atomic mass is 9.84. The van der Waals surface area contributed by atoms with E-state index < -0.39 is 23.8 Å². The third kappa shape index (κ3) is 14.1. The number of hydrogen-bond acceptors (Lipinski definition) is 6. The van der Waals surface area contributed by atoms with Gasteiger partial charge < -0.3 is 20.6 Å². The second-order valence-corrected chi connectivity index (χ2v) is 13.9. The minimum atomic E-state index is -0.823. The van der Waals surface area contributed by atoms with Crippen LogP contribution in [0, 0.1) is 11.8 Å². The zero-order valence-electron chi connectivity index (χ0n) is 25.1. The normalized spacial score (nSPS) is 14.7. The molecule has 0 aromatic heterocycles. The van der Waals surface area contributed by atoms with E-state index in [1.807, 2.05) is 46.8 Å². The van der Waals surface area contributed by atoms with Crippen molar-refractivity contribution in [2.24, 2.45) is 11.8 Å². The topological polar surface area (TPSA) is 107 Å². The summed E-state index contributed by atoms with van der Waals surface area (Å²) in [6.45, 7) is 20.2. The molecule has 220 valence electrons. The second kappa shape index (κ2) is 18.8. The maximum atomic E-state index is 11.2. The van der Waals surface area contributed by atoms with E-state index in [4.69, 9.17) is 0 Å². The van der Waals surface area contributed by atoms with Crippen LogP contribution >= 0.6 is 23.5 Å². The number of carboxylic acid groups (broad SMARTS) is 2. The molecule has 0 bridgehead atoms. The Hall–Kier alpha value is -1.38. The number of carbonyl (C=O) groups is 2. The fourth-order valence-corrected chi connectivity index (χ4v) is 5.49. The van der Waals surface area contributed by atoms with Crippen molar-refractivity contribution < 1.29 is 24.9 Å². The highest BCUT2D eigenvalue weighted by Crippen LogP contribution is 2.38. The molecule has 6 nitrogen and oxygen atoms in total. The number of aliphatic carboxylic acids is 2. The van der Waals surface area contributed by atoms with Gasteiger partial charge in [-0.3, -0.25) is 9.59 Å². The van der Waals surface area contributed by atoms with Crippen LogP contribution in [0.4, 0.5) is 0 Å². The van der Waals surface area contributed by atoms with Crippen LogP contribution in [0.1, 0.15) is 105 Å². The van der Waals surface area contributed by atoms with Gasteiger partial charge in [-0.05, 0) is 42.5 Å². The summed E-state index contributed by atoms with van der Waals surface area (Å²) in [5.74, 6) is -1.09. The molecule has 38 heavy (non-hydrogen) atoms. The van der Waals surface area contributed by atoms with Crippen LogP contribution in [0.3, 0.4) is 0 Å². The third-order valence-electron chi connectivity index (χ3n) is 6.67. The molecule has 4 atom stereocenters. The highest BCUT2D eigenvalue weighted by Gasteiger charge is 2.25. The number of thioether (sulfide) groups is 2. The van der Waals surface area contributed by atoms with E-state index in [0.29, 0.717) is 11.5 Å². The number of nitrogens with one attached hydrogen (secondary N) is 1. The molecular weight excluding hydrogens is 518 g/mol. The summed E-state index contributed by atoms with van der Waals surface area (Å²) in [4.78, 5) is 22.4. The number of unbranched alkanes of at least 4 members (excludes halogenated alkanes) is 2. The molecule has 0 aliphatic heterocycles. The molecule has 0 spiro atoms. The van der Waals surface area contributed by atoms with Crippen molar-refractivity contribution in [3.63, 3.8) is 0 Å². The summed E-state index contributed by atoms with van der Waals surface area (Å²) in [6.07, 6.45) is 5.26. The Bertz CT molecular complexity index is 835. The Morgan fingerprint density at radius 3 is 1.68 bits per heavy atom. The second-order valence-electron chi connectivity index (χ2n) is 11.1. The molecule has 0 heterocycles. The number of benzene rings is 1. The molecule has 4 unspecified atom stereocenters. The smallest absolute Gasteiger partial charge is 0.307 e. The van der Waals surface area contributed by atoms with Gasteiger partial charge >= 0.3 is 11.9 Å². The highest BCUT2D eigenvalue weighted by molar-refractivity contribution is 7.99. The molecule has 0 aliphatic rings. The highest BCUT2D eigenvalue weighted by atomic mass is 32.2. The number of carboxylic acids is 2. The van der Waals surface area contributed by atoms with Crippen molar-refractivity contribution >= 4 is 35.5 Å². The van der Waals surface area contributed by atoms with Gasteiger partial charge in [0.05, 0.1) is 11.8 Å². The van der Waals surface area contributed by atoms with E-state index >= 15 is 0 Å². The average molecular weight is 572 g/mol. The number of aromatic hydroxyl groups is 1. The Morgan fingerprint density at radius 1 is 0.842 bits per heavy atom. The first-order chi connectivity index (χ1) is 17.7. The van der Waals surface area contributed by atoms with Crippen LogP contribution in [0.15, 0.2) is 12.1 Å². The van der Waals surface area contributed by atoms with Crippen LogP contribution in [0.25, 0.3) is 0 Å². The number of rotatable bonds is 16. The monoisotopic (exact) mass is 571 g/mol. The van der Waals surface area contributed by atoms with Gasteiger partial charge in [0.25, 0.3) is 0 Å². The largest absolute Gasteiger partial charge is 0.507 e. The average Bonchev–Trinajstić information content (AvgIpc) is 2.85. The molecule has 0 radical (unpaired) electrons. The summed E-state index contributed by atoms with van der Waals surface area (Å²) in [7, 11) is 0. The maximum absolute atomic E-state index is 11.2. The molecule has 0 amide bonds. The Labute approximate surface area is 240 Å². The maximum Gasteiger partial charge on any atom is 0.307 e. The summed E-state index contributed by atoms with van der Waals surface area (Å²) >= 11 is 3.10. The predicted molar refractivity (Wildman–Crippen MR) is 165 cm³/mol. The van der Waals surface area contributed by atoms with Gasteiger partial charge in [-0.25, -0.2) is 0 Å². The van der Waals surface area contributed by atoms with E-state index in [1.54, 1.807) is 25.6 Å². The van der Waals surface area contributed by atoms with Crippen LogP contribution in [0.2, 0.25) is 0 Å². The van der Waals surface area contributed by atoms with Gasteiger partial charge in [0.1, 0.15) is 5.75 Å². The van der Waals surface area contributed by atoms with Gasteiger partial charge in [0.2, 0.25) is 0 Å². The molecule has 0 fully saturated rings. The Balaban J connectivity index is 0.00000129. The van der Waals surface area contributed by atoms with E-state index in [1.165, 1.54) is 50.5 Å². The Morgan fingerprint density at radius 2 is 1.29 bits per heavy atom. The van der Waals surface area contributed by atoms with Crippen molar-refractivity contribution in [3.8, 4) is 5.75 Å². The fraction of sp³-hybridized carbons (Fsp3) is 0.733. The van der Waals surface area contributed by atoms with Gasteiger partial charge in [-0.2, -0.15) is 23.5 Å². The molecule has 4 N–H and O–H groups in total. The van der Waals surface area contributed by atoms with Crippen molar-refractivity contribution in [2.75, 3.05) is 13.1 Å². The molecule has 1 aromatic carbocycles. The number of phenolic OH excluding ortho intramolecular Hbond substituents is 1. The fourth-order valence-electron chi connectivity index (χ4n) is 3.39.